The Hall–Kier alpha value is -3.31. The van der Waals surface area contributed by atoms with Crippen LogP contribution in [0.15, 0.2) is 72.8 Å². The van der Waals surface area contributed by atoms with Crippen LogP contribution in [0, 0.1) is 13.8 Å². The fourth-order valence-electron chi connectivity index (χ4n) is 4.35. The standard InChI is InChI=1S/C27H31N3O2/c1-20-13-14-21(2)23(19-20)28-27(31)26(22-9-5-4-6-10-22)30-17-15-29(16-18-30)24-11-7-8-12-25(24)32-3/h4-14,19,26H,15-18H2,1-3H3,(H,28,31)/t26-/m0/s1. The molecule has 166 valence electrons. The van der Waals surface area contributed by atoms with Crippen molar-refractivity contribution in [3.05, 3.63) is 89.5 Å². The van der Waals surface area contributed by atoms with E-state index in [2.05, 4.69) is 33.3 Å². The van der Waals surface area contributed by atoms with Gasteiger partial charge in [-0.1, -0.05) is 54.6 Å². The summed E-state index contributed by atoms with van der Waals surface area (Å²) in [6.45, 7) is 7.32. The van der Waals surface area contributed by atoms with Gasteiger partial charge in [0.25, 0.3) is 0 Å². The molecule has 0 saturated carbocycles. The van der Waals surface area contributed by atoms with Crippen molar-refractivity contribution < 1.29 is 9.53 Å². The Morgan fingerprint density at radius 3 is 2.31 bits per heavy atom. The third-order valence-electron chi connectivity index (χ3n) is 6.12. The second-order valence-corrected chi connectivity index (χ2v) is 8.32. The number of hydrogen-bond donors (Lipinski definition) is 1. The molecule has 1 aliphatic rings. The predicted octanol–water partition coefficient (Wildman–Crippen LogP) is 4.81. The van der Waals surface area contributed by atoms with Crippen LogP contribution in [-0.4, -0.2) is 44.1 Å². The molecule has 1 saturated heterocycles. The molecule has 0 radical (unpaired) electrons. The van der Waals surface area contributed by atoms with Gasteiger partial charge in [-0.15, -0.1) is 0 Å². The summed E-state index contributed by atoms with van der Waals surface area (Å²) in [6.07, 6.45) is 0. The Labute approximate surface area is 190 Å². The fraction of sp³-hybridized carbons (Fsp3) is 0.296. The molecule has 1 N–H and O–H groups in total. The first-order valence-electron chi connectivity index (χ1n) is 11.1. The summed E-state index contributed by atoms with van der Waals surface area (Å²) in [5.74, 6) is 0.892. The minimum Gasteiger partial charge on any atom is -0.495 e. The largest absolute Gasteiger partial charge is 0.495 e. The zero-order valence-electron chi connectivity index (χ0n) is 19.0. The zero-order chi connectivity index (χ0) is 22.5. The van der Waals surface area contributed by atoms with Crippen LogP contribution in [0.2, 0.25) is 0 Å². The highest BCUT2D eigenvalue weighted by molar-refractivity contribution is 5.96. The monoisotopic (exact) mass is 429 g/mol. The highest BCUT2D eigenvalue weighted by atomic mass is 16.5. The van der Waals surface area contributed by atoms with Gasteiger partial charge in [0.15, 0.2) is 0 Å². The van der Waals surface area contributed by atoms with E-state index < -0.39 is 0 Å². The van der Waals surface area contributed by atoms with E-state index in [-0.39, 0.29) is 11.9 Å². The number of hydrogen-bond acceptors (Lipinski definition) is 4. The molecule has 1 amide bonds. The van der Waals surface area contributed by atoms with Crippen LogP contribution in [0.5, 0.6) is 5.75 Å². The molecule has 1 heterocycles. The van der Waals surface area contributed by atoms with Gasteiger partial charge in [-0.2, -0.15) is 0 Å². The van der Waals surface area contributed by atoms with Gasteiger partial charge in [-0.05, 0) is 48.7 Å². The lowest BCUT2D eigenvalue weighted by molar-refractivity contribution is -0.121. The molecule has 0 spiro atoms. The van der Waals surface area contributed by atoms with Crippen molar-refractivity contribution in [1.29, 1.82) is 0 Å². The van der Waals surface area contributed by atoms with Crippen LogP contribution in [0.3, 0.4) is 0 Å². The summed E-state index contributed by atoms with van der Waals surface area (Å²) >= 11 is 0. The van der Waals surface area contributed by atoms with E-state index in [0.717, 1.165) is 60.0 Å². The molecule has 0 aliphatic carbocycles. The van der Waals surface area contributed by atoms with Gasteiger partial charge in [0.05, 0.1) is 12.8 Å². The molecule has 0 aromatic heterocycles. The van der Waals surface area contributed by atoms with Gasteiger partial charge >= 0.3 is 0 Å². The van der Waals surface area contributed by atoms with Gasteiger partial charge in [-0.25, -0.2) is 0 Å². The smallest absolute Gasteiger partial charge is 0.246 e. The Morgan fingerprint density at radius 2 is 1.59 bits per heavy atom. The number of para-hydroxylation sites is 2. The van der Waals surface area contributed by atoms with Gasteiger partial charge in [0.2, 0.25) is 5.91 Å². The third kappa shape index (κ3) is 4.78. The minimum atomic E-state index is -0.337. The van der Waals surface area contributed by atoms with Gasteiger partial charge in [0.1, 0.15) is 11.8 Å². The van der Waals surface area contributed by atoms with Crippen LogP contribution < -0.4 is 15.0 Å². The van der Waals surface area contributed by atoms with E-state index in [1.807, 2.05) is 68.4 Å². The lowest BCUT2D eigenvalue weighted by Gasteiger charge is -2.40. The van der Waals surface area contributed by atoms with Crippen molar-refractivity contribution in [1.82, 2.24) is 4.90 Å². The van der Waals surface area contributed by atoms with Gasteiger partial charge in [0, 0.05) is 31.9 Å². The average Bonchev–Trinajstić information content (AvgIpc) is 2.83. The number of carbonyl (C=O) groups excluding carboxylic acids is 1. The maximum atomic E-state index is 13.5. The van der Waals surface area contributed by atoms with Gasteiger partial charge < -0.3 is 15.0 Å². The molecule has 1 fully saturated rings. The number of methoxy groups -OCH3 is 1. The summed E-state index contributed by atoms with van der Waals surface area (Å²) in [5.41, 5.74) is 5.19. The first kappa shape index (κ1) is 21.9. The van der Waals surface area contributed by atoms with Crippen LogP contribution in [0.1, 0.15) is 22.7 Å². The Balaban J connectivity index is 1.54. The normalized spacial score (nSPS) is 15.3. The number of rotatable bonds is 6. The van der Waals surface area contributed by atoms with E-state index in [4.69, 9.17) is 4.74 Å². The first-order valence-corrected chi connectivity index (χ1v) is 11.1. The average molecular weight is 430 g/mol. The molecule has 4 rings (SSSR count). The molecule has 3 aromatic rings. The number of piperazine rings is 1. The summed E-state index contributed by atoms with van der Waals surface area (Å²) in [6, 6.07) is 24.0. The van der Waals surface area contributed by atoms with Crippen molar-refractivity contribution in [3.63, 3.8) is 0 Å². The lowest BCUT2D eigenvalue weighted by Crippen LogP contribution is -2.50. The van der Waals surface area contributed by atoms with Crippen molar-refractivity contribution in [2.24, 2.45) is 0 Å². The Bertz CT molecular complexity index is 1060. The van der Waals surface area contributed by atoms with Crippen molar-refractivity contribution in [3.8, 4) is 5.75 Å². The number of nitrogens with one attached hydrogen (secondary N) is 1. The summed E-state index contributed by atoms with van der Waals surface area (Å²) in [5, 5.41) is 3.19. The highest BCUT2D eigenvalue weighted by Crippen LogP contribution is 2.31. The Morgan fingerprint density at radius 1 is 0.906 bits per heavy atom. The van der Waals surface area contributed by atoms with E-state index in [1.165, 1.54) is 0 Å². The molecule has 0 bridgehead atoms. The molecule has 5 heteroatoms. The zero-order valence-corrected chi connectivity index (χ0v) is 19.0. The number of amides is 1. The number of carbonyl (C=O) groups is 1. The second kappa shape index (κ2) is 9.88. The van der Waals surface area contributed by atoms with E-state index in [9.17, 15) is 4.79 Å². The molecule has 32 heavy (non-hydrogen) atoms. The van der Waals surface area contributed by atoms with Gasteiger partial charge in [-0.3, -0.25) is 9.69 Å². The molecule has 0 unspecified atom stereocenters. The summed E-state index contributed by atoms with van der Waals surface area (Å²) in [4.78, 5) is 18.2. The van der Waals surface area contributed by atoms with Crippen molar-refractivity contribution >= 4 is 17.3 Å². The molecule has 1 aliphatic heterocycles. The van der Waals surface area contributed by atoms with E-state index in [1.54, 1.807) is 7.11 Å². The summed E-state index contributed by atoms with van der Waals surface area (Å²) in [7, 11) is 1.71. The number of aryl methyl sites for hydroxylation is 2. The van der Waals surface area contributed by atoms with Crippen molar-refractivity contribution in [2.45, 2.75) is 19.9 Å². The Kier molecular flexibility index (Phi) is 6.76. The molecule has 5 nitrogen and oxygen atoms in total. The number of benzene rings is 3. The molecule has 3 aromatic carbocycles. The lowest BCUT2D eigenvalue weighted by atomic mass is 10.0. The van der Waals surface area contributed by atoms with Crippen LogP contribution >= 0.6 is 0 Å². The minimum absolute atomic E-state index is 0.00985. The maximum absolute atomic E-state index is 13.5. The topological polar surface area (TPSA) is 44.8 Å². The summed E-state index contributed by atoms with van der Waals surface area (Å²) < 4.78 is 5.55. The van der Waals surface area contributed by atoms with Crippen LogP contribution in [0.4, 0.5) is 11.4 Å². The highest BCUT2D eigenvalue weighted by Gasteiger charge is 2.31. The fourth-order valence-corrected chi connectivity index (χ4v) is 4.35. The molecule has 1 atom stereocenters. The molecular weight excluding hydrogens is 398 g/mol. The SMILES string of the molecule is COc1ccccc1N1CCN([C@H](C(=O)Nc2cc(C)ccc2C)c2ccccc2)CC1. The molecular formula is C27H31N3O2. The quantitative estimate of drug-likeness (QED) is 0.611. The number of nitrogens with zero attached hydrogens (tertiary/aromatic N) is 2. The van der Waals surface area contributed by atoms with Crippen LogP contribution in [-0.2, 0) is 4.79 Å². The maximum Gasteiger partial charge on any atom is 0.246 e. The van der Waals surface area contributed by atoms with E-state index in [0.29, 0.717) is 0 Å². The second-order valence-electron chi connectivity index (χ2n) is 8.32. The number of anilines is 2. The first-order chi connectivity index (χ1) is 15.6. The third-order valence-corrected chi connectivity index (χ3v) is 6.12. The van der Waals surface area contributed by atoms with E-state index >= 15 is 0 Å². The van der Waals surface area contributed by atoms with Crippen LogP contribution in [0.25, 0.3) is 0 Å². The van der Waals surface area contributed by atoms with Crippen molar-refractivity contribution in [2.75, 3.05) is 43.5 Å². The predicted molar refractivity (Wildman–Crippen MR) is 131 cm³/mol. The number of ether oxygens (including phenoxy) is 1.